The van der Waals surface area contributed by atoms with Gasteiger partial charge in [0, 0.05) is 12.6 Å². The number of halogens is 3. The van der Waals surface area contributed by atoms with Crippen LogP contribution in [-0.2, 0) is 6.18 Å². The van der Waals surface area contributed by atoms with Gasteiger partial charge in [-0.1, -0.05) is 0 Å². The Hall–Kier alpha value is -3.01. The highest BCUT2D eigenvalue weighted by molar-refractivity contribution is 5.92. The number of rotatable bonds is 2. The van der Waals surface area contributed by atoms with E-state index in [4.69, 9.17) is 9.68 Å². The van der Waals surface area contributed by atoms with Crippen molar-refractivity contribution in [2.75, 3.05) is 5.32 Å². The van der Waals surface area contributed by atoms with Crippen molar-refractivity contribution in [1.29, 1.82) is 5.26 Å². The van der Waals surface area contributed by atoms with Crippen LogP contribution in [0.2, 0.25) is 0 Å². The van der Waals surface area contributed by atoms with Crippen LogP contribution < -0.4 is 5.32 Å². The first kappa shape index (κ1) is 14.9. The van der Waals surface area contributed by atoms with E-state index in [2.05, 4.69) is 10.3 Å². The predicted molar refractivity (Wildman–Crippen MR) is 78.2 cm³/mol. The molecule has 116 valence electrons. The number of nitrogens with one attached hydrogen (secondary N) is 1. The fourth-order valence-corrected chi connectivity index (χ4v) is 2.20. The van der Waals surface area contributed by atoms with Gasteiger partial charge in [0.1, 0.15) is 11.6 Å². The number of alkyl halides is 3. The molecule has 0 bridgehead atoms. The van der Waals surface area contributed by atoms with Gasteiger partial charge in [0.2, 0.25) is 0 Å². The summed E-state index contributed by atoms with van der Waals surface area (Å²) in [5, 5.41) is 12.1. The molecule has 0 spiro atoms. The molecule has 0 atom stereocenters. The number of nitriles is 1. The van der Waals surface area contributed by atoms with E-state index in [1.807, 2.05) is 6.07 Å². The van der Waals surface area contributed by atoms with Crippen LogP contribution in [0.15, 0.2) is 40.8 Å². The van der Waals surface area contributed by atoms with E-state index in [0.29, 0.717) is 33.9 Å². The molecule has 1 N–H and O–H groups in total. The first-order valence-electron chi connectivity index (χ1n) is 6.63. The maximum Gasteiger partial charge on any atom is 0.416 e. The summed E-state index contributed by atoms with van der Waals surface area (Å²) < 4.78 is 43.1. The first-order valence-corrected chi connectivity index (χ1v) is 6.63. The molecular weight excluding hydrogens is 307 g/mol. The van der Waals surface area contributed by atoms with Crippen LogP contribution in [0.4, 0.5) is 24.5 Å². The predicted octanol–water partition coefficient (Wildman–Crippen LogP) is 4.77. The van der Waals surface area contributed by atoms with Crippen molar-refractivity contribution in [2.24, 2.45) is 0 Å². The van der Waals surface area contributed by atoms with Crippen molar-refractivity contribution in [1.82, 2.24) is 4.98 Å². The molecule has 0 saturated heterocycles. The molecule has 0 unspecified atom stereocenters. The van der Waals surface area contributed by atoms with Gasteiger partial charge in [-0.15, -0.1) is 0 Å². The lowest BCUT2D eigenvalue weighted by Crippen LogP contribution is -2.04. The number of hydrogen-bond donors (Lipinski definition) is 1. The molecule has 0 radical (unpaired) electrons. The SMILES string of the molecule is Cc1nc2c(Nc3ccc(C(F)(F)F)cc3)ccc(C#N)c2o1. The average Bonchev–Trinajstić information content (AvgIpc) is 2.89. The molecule has 2 aromatic carbocycles. The molecular formula is C16H10F3N3O. The van der Waals surface area contributed by atoms with Crippen LogP contribution in [0.5, 0.6) is 0 Å². The summed E-state index contributed by atoms with van der Waals surface area (Å²) >= 11 is 0. The third-order valence-electron chi connectivity index (χ3n) is 3.26. The van der Waals surface area contributed by atoms with E-state index < -0.39 is 11.7 Å². The second-order valence-electron chi connectivity index (χ2n) is 4.88. The molecule has 7 heteroatoms. The zero-order valence-corrected chi connectivity index (χ0v) is 11.9. The highest BCUT2D eigenvalue weighted by Gasteiger charge is 2.29. The maximum absolute atomic E-state index is 12.6. The Kier molecular flexibility index (Phi) is 3.45. The molecule has 1 aromatic heterocycles. The van der Waals surface area contributed by atoms with E-state index in [-0.39, 0.29) is 0 Å². The second-order valence-corrected chi connectivity index (χ2v) is 4.88. The minimum atomic E-state index is -4.37. The van der Waals surface area contributed by atoms with Crippen molar-refractivity contribution >= 4 is 22.5 Å². The number of anilines is 2. The Morgan fingerprint density at radius 2 is 1.83 bits per heavy atom. The number of hydrogen-bond acceptors (Lipinski definition) is 4. The van der Waals surface area contributed by atoms with Gasteiger partial charge in [0.25, 0.3) is 0 Å². The lowest BCUT2D eigenvalue weighted by molar-refractivity contribution is -0.137. The quantitative estimate of drug-likeness (QED) is 0.739. The summed E-state index contributed by atoms with van der Waals surface area (Å²) in [7, 11) is 0. The standard InChI is InChI=1S/C16H10F3N3O/c1-9-21-14-13(7-2-10(8-20)15(14)23-9)22-12-5-3-11(4-6-12)16(17,18)19/h2-7,22H,1H3. The Morgan fingerprint density at radius 3 is 2.43 bits per heavy atom. The van der Waals surface area contributed by atoms with Gasteiger partial charge in [0.05, 0.1) is 16.8 Å². The fourth-order valence-electron chi connectivity index (χ4n) is 2.20. The summed E-state index contributed by atoms with van der Waals surface area (Å²) in [5.74, 6) is 0.401. The number of aromatic nitrogens is 1. The van der Waals surface area contributed by atoms with Gasteiger partial charge in [-0.2, -0.15) is 18.4 Å². The molecule has 0 aliphatic rings. The van der Waals surface area contributed by atoms with Gasteiger partial charge in [-0.3, -0.25) is 0 Å². The highest BCUT2D eigenvalue weighted by atomic mass is 19.4. The smallest absolute Gasteiger partial charge is 0.416 e. The topological polar surface area (TPSA) is 61.9 Å². The lowest BCUT2D eigenvalue weighted by atomic mass is 10.1. The average molecular weight is 317 g/mol. The fraction of sp³-hybridized carbons (Fsp3) is 0.125. The summed E-state index contributed by atoms with van der Waals surface area (Å²) in [6.45, 7) is 1.66. The van der Waals surface area contributed by atoms with Gasteiger partial charge in [-0.25, -0.2) is 4.98 Å². The van der Waals surface area contributed by atoms with Crippen LogP contribution in [0, 0.1) is 18.3 Å². The first-order chi connectivity index (χ1) is 10.9. The zero-order chi connectivity index (χ0) is 16.6. The molecule has 3 rings (SSSR count). The molecule has 0 aliphatic heterocycles. The number of fused-ring (bicyclic) bond motifs is 1. The summed E-state index contributed by atoms with van der Waals surface area (Å²) in [6.07, 6.45) is -4.37. The van der Waals surface area contributed by atoms with Crippen molar-refractivity contribution in [3.8, 4) is 6.07 Å². The minimum Gasteiger partial charge on any atom is -0.440 e. The van der Waals surface area contributed by atoms with E-state index in [1.54, 1.807) is 19.1 Å². The minimum absolute atomic E-state index is 0.346. The van der Waals surface area contributed by atoms with Crippen LogP contribution >= 0.6 is 0 Å². The zero-order valence-electron chi connectivity index (χ0n) is 11.9. The van der Waals surface area contributed by atoms with Crippen molar-refractivity contribution in [2.45, 2.75) is 13.1 Å². The molecule has 0 amide bonds. The van der Waals surface area contributed by atoms with Crippen molar-refractivity contribution < 1.29 is 17.6 Å². The van der Waals surface area contributed by atoms with E-state index in [9.17, 15) is 13.2 Å². The Morgan fingerprint density at radius 1 is 1.13 bits per heavy atom. The Balaban J connectivity index is 1.98. The van der Waals surface area contributed by atoms with Crippen LogP contribution in [-0.4, -0.2) is 4.98 Å². The molecule has 0 saturated carbocycles. The summed E-state index contributed by atoms with van der Waals surface area (Å²) in [5.41, 5.74) is 1.47. The van der Waals surface area contributed by atoms with Gasteiger partial charge in [-0.05, 0) is 36.4 Å². The number of aryl methyl sites for hydroxylation is 1. The molecule has 3 aromatic rings. The highest BCUT2D eigenvalue weighted by Crippen LogP contribution is 2.32. The largest absolute Gasteiger partial charge is 0.440 e. The van der Waals surface area contributed by atoms with E-state index in [0.717, 1.165) is 12.1 Å². The maximum atomic E-state index is 12.6. The van der Waals surface area contributed by atoms with Crippen molar-refractivity contribution in [3.63, 3.8) is 0 Å². The Labute approximate surface area is 129 Å². The van der Waals surface area contributed by atoms with Gasteiger partial charge in [0.15, 0.2) is 11.5 Å². The molecule has 1 heterocycles. The normalized spacial score (nSPS) is 11.4. The van der Waals surface area contributed by atoms with Crippen LogP contribution in [0.1, 0.15) is 17.0 Å². The monoisotopic (exact) mass is 317 g/mol. The summed E-state index contributed by atoms with van der Waals surface area (Å²) in [4.78, 5) is 4.21. The molecule has 0 aliphatic carbocycles. The Bertz CT molecular complexity index is 905. The van der Waals surface area contributed by atoms with E-state index >= 15 is 0 Å². The molecule has 23 heavy (non-hydrogen) atoms. The number of oxazole rings is 1. The van der Waals surface area contributed by atoms with Crippen LogP contribution in [0.3, 0.4) is 0 Å². The third kappa shape index (κ3) is 2.83. The van der Waals surface area contributed by atoms with E-state index in [1.165, 1.54) is 12.1 Å². The third-order valence-corrected chi connectivity index (χ3v) is 3.26. The van der Waals surface area contributed by atoms with Crippen molar-refractivity contribution in [3.05, 3.63) is 53.4 Å². The lowest BCUT2D eigenvalue weighted by Gasteiger charge is -2.10. The number of nitrogens with zero attached hydrogens (tertiary/aromatic N) is 2. The summed E-state index contributed by atoms with van der Waals surface area (Å²) in [6, 6.07) is 9.88. The molecule has 4 nitrogen and oxygen atoms in total. The van der Waals surface area contributed by atoms with Gasteiger partial charge < -0.3 is 9.73 Å². The van der Waals surface area contributed by atoms with Gasteiger partial charge >= 0.3 is 6.18 Å². The number of benzene rings is 2. The molecule has 0 fully saturated rings. The second kappa shape index (κ2) is 5.32. The van der Waals surface area contributed by atoms with Crippen LogP contribution in [0.25, 0.3) is 11.1 Å².